The third kappa shape index (κ3) is 4.65. The van der Waals surface area contributed by atoms with Gasteiger partial charge in [-0.05, 0) is 43.4 Å². The first-order chi connectivity index (χ1) is 12.4. The summed E-state index contributed by atoms with van der Waals surface area (Å²) in [5.74, 6) is -2.16. The molecular weight excluding hydrogens is 343 g/mol. The molecule has 7 heteroatoms. The first-order valence-electron chi connectivity index (χ1n) is 8.87. The molecule has 0 unspecified atom stereocenters. The van der Waals surface area contributed by atoms with Crippen LogP contribution in [0.1, 0.15) is 31.2 Å². The van der Waals surface area contributed by atoms with E-state index in [-0.39, 0.29) is 18.7 Å². The molecule has 1 aliphatic carbocycles. The second kappa shape index (κ2) is 7.93. The molecule has 2 atom stereocenters. The summed E-state index contributed by atoms with van der Waals surface area (Å²) in [6.45, 7) is 0.395. The van der Waals surface area contributed by atoms with Crippen molar-refractivity contribution in [1.82, 2.24) is 15.1 Å². The van der Waals surface area contributed by atoms with Gasteiger partial charge in [0.2, 0.25) is 5.91 Å². The Bertz CT molecular complexity index is 727. The SMILES string of the molecule is O=C(NCCc1cnn(-c2ccccc2)c1)[C@@H]1CCC[C@@H](C(F)(F)F)C1. The van der Waals surface area contributed by atoms with Crippen LogP contribution in [0.4, 0.5) is 13.2 Å². The quantitative estimate of drug-likeness (QED) is 0.874. The van der Waals surface area contributed by atoms with E-state index in [0.29, 0.717) is 25.8 Å². The number of hydrogen-bond acceptors (Lipinski definition) is 2. The van der Waals surface area contributed by atoms with Crippen molar-refractivity contribution in [3.05, 3.63) is 48.3 Å². The number of alkyl halides is 3. The van der Waals surface area contributed by atoms with Gasteiger partial charge in [0.15, 0.2) is 0 Å². The molecule has 0 radical (unpaired) electrons. The predicted molar refractivity (Wildman–Crippen MR) is 91.8 cm³/mol. The summed E-state index contributed by atoms with van der Waals surface area (Å²) in [6, 6.07) is 9.67. The molecule has 140 valence electrons. The molecular formula is C19H22F3N3O. The monoisotopic (exact) mass is 365 g/mol. The van der Waals surface area contributed by atoms with E-state index in [2.05, 4.69) is 10.4 Å². The van der Waals surface area contributed by atoms with E-state index in [1.165, 1.54) is 0 Å². The van der Waals surface area contributed by atoms with Crippen molar-refractivity contribution >= 4 is 5.91 Å². The number of halogens is 3. The molecule has 1 N–H and O–H groups in total. The second-order valence-electron chi connectivity index (χ2n) is 6.77. The van der Waals surface area contributed by atoms with Crippen LogP contribution in [0.25, 0.3) is 5.69 Å². The number of carbonyl (C=O) groups excluding carboxylic acids is 1. The van der Waals surface area contributed by atoms with Crippen LogP contribution in [0.15, 0.2) is 42.7 Å². The number of rotatable bonds is 5. The molecule has 0 aliphatic heterocycles. The van der Waals surface area contributed by atoms with Gasteiger partial charge in [0.1, 0.15) is 0 Å². The van der Waals surface area contributed by atoms with Crippen molar-refractivity contribution in [1.29, 1.82) is 0 Å². The van der Waals surface area contributed by atoms with Gasteiger partial charge in [-0.15, -0.1) is 0 Å². The molecule has 1 amide bonds. The van der Waals surface area contributed by atoms with Crippen molar-refractivity contribution in [2.24, 2.45) is 11.8 Å². The van der Waals surface area contributed by atoms with Gasteiger partial charge in [-0.2, -0.15) is 18.3 Å². The zero-order valence-corrected chi connectivity index (χ0v) is 14.4. The molecule has 1 aromatic carbocycles. The molecule has 0 saturated heterocycles. The molecule has 4 nitrogen and oxygen atoms in total. The first kappa shape index (κ1) is 18.5. The van der Waals surface area contributed by atoms with Crippen LogP contribution in [0.2, 0.25) is 0 Å². The van der Waals surface area contributed by atoms with Crippen molar-refractivity contribution in [2.45, 2.75) is 38.3 Å². The average Bonchev–Trinajstić information content (AvgIpc) is 3.11. The van der Waals surface area contributed by atoms with Crippen LogP contribution in [-0.2, 0) is 11.2 Å². The van der Waals surface area contributed by atoms with Crippen LogP contribution in [0, 0.1) is 11.8 Å². The highest BCUT2D eigenvalue weighted by Gasteiger charge is 2.43. The standard InChI is InChI=1S/C19H22F3N3O/c20-19(21,22)16-6-4-5-15(11-16)18(26)23-10-9-14-12-24-25(13-14)17-7-2-1-3-8-17/h1-3,7-8,12-13,15-16H,4-6,9-11H2,(H,23,26)/t15-,16-/m1/s1. The Hall–Kier alpha value is -2.31. The fourth-order valence-electron chi connectivity index (χ4n) is 3.41. The Morgan fingerprint density at radius 1 is 1.23 bits per heavy atom. The van der Waals surface area contributed by atoms with E-state index < -0.39 is 18.0 Å². The number of para-hydroxylation sites is 1. The third-order valence-electron chi connectivity index (χ3n) is 4.88. The largest absolute Gasteiger partial charge is 0.391 e. The number of carbonyl (C=O) groups is 1. The summed E-state index contributed by atoms with van der Waals surface area (Å²) in [7, 11) is 0. The lowest BCUT2D eigenvalue weighted by Gasteiger charge is -2.29. The van der Waals surface area contributed by atoms with Gasteiger partial charge in [-0.3, -0.25) is 4.79 Å². The van der Waals surface area contributed by atoms with Crippen LogP contribution >= 0.6 is 0 Å². The number of nitrogens with one attached hydrogen (secondary N) is 1. The highest BCUT2D eigenvalue weighted by Crippen LogP contribution is 2.39. The Morgan fingerprint density at radius 2 is 2.00 bits per heavy atom. The summed E-state index contributed by atoms with van der Waals surface area (Å²) in [5, 5.41) is 7.07. The predicted octanol–water partition coefficient (Wildman–Crippen LogP) is 3.90. The van der Waals surface area contributed by atoms with Crippen molar-refractivity contribution in [2.75, 3.05) is 6.54 Å². The zero-order valence-electron chi connectivity index (χ0n) is 14.4. The summed E-state index contributed by atoms with van der Waals surface area (Å²) in [5.41, 5.74) is 1.91. The van der Waals surface area contributed by atoms with Crippen molar-refractivity contribution in [3.8, 4) is 5.69 Å². The number of amides is 1. The highest BCUT2D eigenvalue weighted by atomic mass is 19.4. The van der Waals surface area contributed by atoms with Gasteiger partial charge in [-0.1, -0.05) is 24.6 Å². The van der Waals surface area contributed by atoms with E-state index in [1.54, 1.807) is 10.9 Å². The number of hydrogen-bond donors (Lipinski definition) is 1. The van der Waals surface area contributed by atoms with E-state index in [4.69, 9.17) is 0 Å². The normalized spacial score (nSPS) is 20.7. The molecule has 0 bridgehead atoms. The summed E-state index contributed by atoms with van der Waals surface area (Å²) in [6.07, 6.45) is 1.03. The molecule has 1 fully saturated rings. The number of benzene rings is 1. The van der Waals surface area contributed by atoms with E-state index in [0.717, 1.165) is 11.3 Å². The first-order valence-corrected chi connectivity index (χ1v) is 8.87. The van der Waals surface area contributed by atoms with Gasteiger partial charge < -0.3 is 5.32 Å². The van der Waals surface area contributed by atoms with Crippen molar-refractivity contribution < 1.29 is 18.0 Å². The van der Waals surface area contributed by atoms with E-state index >= 15 is 0 Å². The van der Waals surface area contributed by atoms with Gasteiger partial charge in [-0.25, -0.2) is 4.68 Å². The van der Waals surface area contributed by atoms with Crippen LogP contribution < -0.4 is 5.32 Å². The maximum absolute atomic E-state index is 12.9. The topological polar surface area (TPSA) is 46.9 Å². The maximum atomic E-state index is 12.9. The molecule has 26 heavy (non-hydrogen) atoms. The van der Waals surface area contributed by atoms with Crippen molar-refractivity contribution in [3.63, 3.8) is 0 Å². The van der Waals surface area contributed by atoms with E-state index in [9.17, 15) is 18.0 Å². The van der Waals surface area contributed by atoms with Crippen LogP contribution in [0.5, 0.6) is 0 Å². The van der Waals surface area contributed by atoms with Crippen LogP contribution in [0.3, 0.4) is 0 Å². The Morgan fingerprint density at radius 3 is 2.73 bits per heavy atom. The smallest absolute Gasteiger partial charge is 0.356 e. The van der Waals surface area contributed by atoms with Gasteiger partial charge >= 0.3 is 6.18 Å². The molecule has 1 aromatic heterocycles. The molecule has 1 saturated carbocycles. The summed E-state index contributed by atoms with van der Waals surface area (Å²) in [4.78, 5) is 12.2. The summed E-state index contributed by atoms with van der Waals surface area (Å²) >= 11 is 0. The fraction of sp³-hybridized carbons (Fsp3) is 0.474. The molecule has 3 rings (SSSR count). The van der Waals surface area contributed by atoms with Crippen LogP contribution in [-0.4, -0.2) is 28.4 Å². The Kier molecular flexibility index (Phi) is 5.64. The zero-order chi connectivity index (χ0) is 18.6. The molecule has 2 aromatic rings. The molecule has 1 aliphatic rings. The Balaban J connectivity index is 1.48. The molecule has 1 heterocycles. The minimum Gasteiger partial charge on any atom is -0.356 e. The van der Waals surface area contributed by atoms with Gasteiger partial charge in [0.25, 0.3) is 0 Å². The minimum atomic E-state index is -4.20. The minimum absolute atomic E-state index is 0.0960. The fourth-order valence-corrected chi connectivity index (χ4v) is 3.41. The Labute approximate surface area is 150 Å². The highest BCUT2D eigenvalue weighted by molar-refractivity contribution is 5.78. The second-order valence-corrected chi connectivity index (χ2v) is 6.77. The van der Waals surface area contributed by atoms with Gasteiger partial charge in [0.05, 0.1) is 17.8 Å². The summed E-state index contributed by atoms with van der Waals surface area (Å²) < 4.78 is 40.3. The third-order valence-corrected chi connectivity index (χ3v) is 4.88. The number of aromatic nitrogens is 2. The molecule has 0 spiro atoms. The average molecular weight is 365 g/mol. The number of nitrogens with zero attached hydrogens (tertiary/aromatic N) is 2. The van der Waals surface area contributed by atoms with Gasteiger partial charge in [0, 0.05) is 18.7 Å². The van der Waals surface area contributed by atoms with E-state index in [1.807, 2.05) is 36.5 Å². The lowest BCUT2D eigenvalue weighted by Crippen LogP contribution is -2.38. The lowest BCUT2D eigenvalue weighted by atomic mass is 9.80. The lowest BCUT2D eigenvalue weighted by molar-refractivity contribution is -0.186. The maximum Gasteiger partial charge on any atom is 0.391 e.